The van der Waals surface area contributed by atoms with Crippen LogP contribution in [0.5, 0.6) is 5.75 Å². The highest BCUT2D eigenvalue weighted by atomic mass is 79.9. The quantitative estimate of drug-likeness (QED) is 0.777. The first-order valence-corrected chi connectivity index (χ1v) is 7.32. The zero-order valence-corrected chi connectivity index (χ0v) is 13.1. The molecule has 2 aromatic heterocycles. The standard InChI is InChI=1S/C16H14BrN3O/c1-21-13-4-2-11(3-5-13)9-19-14-6-7-18-15-8-12(17)10-20-16(14)15/h2-8,10H,9H2,1H3,(H,18,19). The molecule has 0 bridgehead atoms. The molecule has 1 aromatic carbocycles. The van der Waals surface area contributed by atoms with E-state index < -0.39 is 0 Å². The summed E-state index contributed by atoms with van der Waals surface area (Å²) >= 11 is 3.41. The van der Waals surface area contributed by atoms with Crippen LogP contribution < -0.4 is 10.1 Å². The highest BCUT2D eigenvalue weighted by Crippen LogP contribution is 2.22. The maximum atomic E-state index is 5.16. The van der Waals surface area contributed by atoms with E-state index in [2.05, 4.69) is 31.2 Å². The van der Waals surface area contributed by atoms with Crippen LogP contribution in [0.25, 0.3) is 11.0 Å². The Morgan fingerprint density at radius 1 is 1.14 bits per heavy atom. The third-order valence-electron chi connectivity index (χ3n) is 3.19. The largest absolute Gasteiger partial charge is 0.497 e. The topological polar surface area (TPSA) is 47.0 Å². The van der Waals surface area contributed by atoms with Crippen molar-refractivity contribution in [3.05, 3.63) is 58.8 Å². The summed E-state index contributed by atoms with van der Waals surface area (Å²) in [4.78, 5) is 8.76. The molecule has 4 nitrogen and oxygen atoms in total. The van der Waals surface area contributed by atoms with Crippen LogP contribution in [-0.2, 0) is 6.54 Å². The van der Waals surface area contributed by atoms with Gasteiger partial charge >= 0.3 is 0 Å². The summed E-state index contributed by atoms with van der Waals surface area (Å²) in [6, 6.07) is 11.9. The Labute approximate surface area is 131 Å². The normalized spacial score (nSPS) is 10.6. The minimum absolute atomic E-state index is 0.723. The molecule has 0 aliphatic rings. The predicted octanol–water partition coefficient (Wildman–Crippen LogP) is 4.01. The first-order chi connectivity index (χ1) is 10.3. The highest BCUT2D eigenvalue weighted by Gasteiger charge is 2.04. The van der Waals surface area contributed by atoms with E-state index in [0.717, 1.165) is 33.5 Å². The van der Waals surface area contributed by atoms with Crippen molar-refractivity contribution in [3.63, 3.8) is 0 Å². The maximum absolute atomic E-state index is 5.16. The summed E-state index contributed by atoms with van der Waals surface area (Å²) in [6.45, 7) is 0.723. The number of benzene rings is 1. The zero-order valence-electron chi connectivity index (χ0n) is 11.5. The monoisotopic (exact) mass is 343 g/mol. The van der Waals surface area contributed by atoms with Gasteiger partial charge in [-0.3, -0.25) is 9.97 Å². The van der Waals surface area contributed by atoms with E-state index in [-0.39, 0.29) is 0 Å². The summed E-state index contributed by atoms with van der Waals surface area (Å²) in [7, 11) is 1.67. The lowest BCUT2D eigenvalue weighted by molar-refractivity contribution is 0.414. The van der Waals surface area contributed by atoms with E-state index in [0.29, 0.717) is 0 Å². The molecule has 1 N–H and O–H groups in total. The second-order valence-electron chi connectivity index (χ2n) is 4.58. The van der Waals surface area contributed by atoms with Gasteiger partial charge in [0.25, 0.3) is 0 Å². The number of aromatic nitrogens is 2. The molecule has 3 aromatic rings. The Bertz CT molecular complexity index is 759. The van der Waals surface area contributed by atoms with Gasteiger partial charge in [-0.2, -0.15) is 0 Å². The summed E-state index contributed by atoms with van der Waals surface area (Å²) in [5, 5.41) is 3.40. The van der Waals surface area contributed by atoms with Crippen molar-refractivity contribution in [2.45, 2.75) is 6.54 Å². The molecule has 0 aliphatic carbocycles. The van der Waals surface area contributed by atoms with Crippen LogP contribution in [0, 0.1) is 0 Å². The lowest BCUT2D eigenvalue weighted by Gasteiger charge is -2.09. The van der Waals surface area contributed by atoms with E-state index in [1.165, 1.54) is 5.56 Å². The average molecular weight is 344 g/mol. The molecule has 0 spiro atoms. The van der Waals surface area contributed by atoms with E-state index >= 15 is 0 Å². The number of nitrogens with one attached hydrogen (secondary N) is 1. The lowest BCUT2D eigenvalue weighted by atomic mass is 10.2. The van der Waals surface area contributed by atoms with Crippen molar-refractivity contribution >= 4 is 32.7 Å². The fourth-order valence-corrected chi connectivity index (χ4v) is 2.41. The Balaban J connectivity index is 1.81. The molecule has 106 valence electrons. The molecule has 0 radical (unpaired) electrons. The molecule has 0 amide bonds. The van der Waals surface area contributed by atoms with Crippen LogP contribution in [0.15, 0.2) is 53.3 Å². The van der Waals surface area contributed by atoms with Crippen LogP contribution in [0.3, 0.4) is 0 Å². The number of halogens is 1. The van der Waals surface area contributed by atoms with Gasteiger partial charge in [-0.1, -0.05) is 12.1 Å². The molecule has 21 heavy (non-hydrogen) atoms. The number of nitrogens with zero attached hydrogens (tertiary/aromatic N) is 2. The highest BCUT2D eigenvalue weighted by molar-refractivity contribution is 9.10. The fraction of sp³-hybridized carbons (Fsp3) is 0.125. The molecular formula is C16H14BrN3O. The molecule has 0 fully saturated rings. The average Bonchev–Trinajstić information content (AvgIpc) is 2.53. The number of ether oxygens (including phenoxy) is 1. The van der Waals surface area contributed by atoms with E-state index in [1.54, 1.807) is 19.5 Å². The van der Waals surface area contributed by atoms with Crippen LogP contribution in [-0.4, -0.2) is 17.1 Å². The van der Waals surface area contributed by atoms with Crippen molar-refractivity contribution in [2.24, 2.45) is 0 Å². The Kier molecular flexibility index (Phi) is 4.01. The van der Waals surface area contributed by atoms with Gasteiger partial charge in [0.15, 0.2) is 0 Å². The number of pyridine rings is 2. The van der Waals surface area contributed by atoms with Crippen molar-refractivity contribution in [1.82, 2.24) is 9.97 Å². The third kappa shape index (κ3) is 3.13. The van der Waals surface area contributed by atoms with E-state index in [4.69, 9.17) is 4.74 Å². The Hall–Kier alpha value is -2.14. The summed E-state index contributed by atoms with van der Waals surface area (Å²) in [5.41, 5.74) is 3.89. The summed E-state index contributed by atoms with van der Waals surface area (Å²) < 4.78 is 6.08. The first-order valence-electron chi connectivity index (χ1n) is 6.53. The second kappa shape index (κ2) is 6.10. The van der Waals surface area contributed by atoms with Gasteiger partial charge in [0.1, 0.15) is 11.3 Å². The predicted molar refractivity (Wildman–Crippen MR) is 87.6 cm³/mol. The number of hydrogen-bond donors (Lipinski definition) is 1. The molecule has 0 unspecified atom stereocenters. The molecule has 0 atom stereocenters. The van der Waals surface area contributed by atoms with Crippen molar-refractivity contribution in [2.75, 3.05) is 12.4 Å². The van der Waals surface area contributed by atoms with Gasteiger partial charge in [0.2, 0.25) is 0 Å². The van der Waals surface area contributed by atoms with Gasteiger partial charge in [-0.25, -0.2) is 0 Å². The smallest absolute Gasteiger partial charge is 0.118 e. The summed E-state index contributed by atoms with van der Waals surface area (Å²) in [6.07, 6.45) is 3.56. The number of anilines is 1. The molecule has 0 saturated carbocycles. The zero-order chi connectivity index (χ0) is 14.7. The van der Waals surface area contributed by atoms with Gasteiger partial charge in [-0.15, -0.1) is 0 Å². The SMILES string of the molecule is COc1ccc(CNc2ccnc3cc(Br)cnc23)cc1. The van der Waals surface area contributed by atoms with Crippen molar-refractivity contribution in [1.29, 1.82) is 0 Å². The number of methoxy groups -OCH3 is 1. The van der Waals surface area contributed by atoms with Gasteiger partial charge in [0, 0.05) is 23.4 Å². The first kappa shape index (κ1) is 13.8. The third-order valence-corrected chi connectivity index (χ3v) is 3.62. The molecule has 0 aliphatic heterocycles. The van der Waals surface area contributed by atoms with E-state index in [1.807, 2.05) is 36.4 Å². The van der Waals surface area contributed by atoms with Gasteiger partial charge in [-0.05, 0) is 45.8 Å². The Morgan fingerprint density at radius 2 is 1.95 bits per heavy atom. The van der Waals surface area contributed by atoms with Crippen LogP contribution in [0.2, 0.25) is 0 Å². The van der Waals surface area contributed by atoms with Crippen molar-refractivity contribution < 1.29 is 4.74 Å². The Morgan fingerprint density at radius 3 is 2.71 bits per heavy atom. The molecule has 3 rings (SSSR count). The van der Waals surface area contributed by atoms with Crippen LogP contribution >= 0.6 is 15.9 Å². The van der Waals surface area contributed by atoms with Crippen LogP contribution in [0.4, 0.5) is 5.69 Å². The summed E-state index contributed by atoms with van der Waals surface area (Å²) in [5.74, 6) is 0.861. The minimum Gasteiger partial charge on any atom is -0.497 e. The molecule has 2 heterocycles. The van der Waals surface area contributed by atoms with Crippen LogP contribution in [0.1, 0.15) is 5.56 Å². The van der Waals surface area contributed by atoms with Gasteiger partial charge in [0.05, 0.1) is 18.3 Å². The number of fused-ring (bicyclic) bond motifs is 1. The van der Waals surface area contributed by atoms with Gasteiger partial charge < -0.3 is 10.1 Å². The number of rotatable bonds is 4. The fourth-order valence-electron chi connectivity index (χ4n) is 2.09. The van der Waals surface area contributed by atoms with E-state index in [9.17, 15) is 0 Å². The second-order valence-corrected chi connectivity index (χ2v) is 5.50. The molecular weight excluding hydrogens is 330 g/mol. The lowest BCUT2D eigenvalue weighted by Crippen LogP contribution is -2.01. The van der Waals surface area contributed by atoms with Crippen molar-refractivity contribution in [3.8, 4) is 5.75 Å². The minimum atomic E-state index is 0.723. The molecule has 5 heteroatoms. The maximum Gasteiger partial charge on any atom is 0.118 e. The molecule has 0 saturated heterocycles. The number of hydrogen-bond acceptors (Lipinski definition) is 4.